The van der Waals surface area contributed by atoms with Crippen LogP contribution in [0.1, 0.15) is 54.2 Å². The van der Waals surface area contributed by atoms with E-state index in [4.69, 9.17) is 43.1 Å². The molecule has 0 saturated heterocycles. The van der Waals surface area contributed by atoms with Gasteiger partial charge in [-0.3, -0.25) is 9.36 Å². The highest BCUT2D eigenvalue weighted by Crippen LogP contribution is 2.29. The van der Waals surface area contributed by atoms with Crippen LogP contribution in [-0.4, -0.2) is 83.3 Å². The van der Waals surface area contributed by atoms with Crippen LogP contribution in [0.15, 0.2) is 170 Å². The second kappa shape index (κ2) is 28.9. The number of benzene rings is 6. The van der Waals surface area contributed by atoms with E-state index in [1.165, 1.54) is 18.8 Å². The molecule has 0 aliphatic heterocycles. The largest absolute Gasteiger partial charge is 0.489 e. The number of nitrogens with one attached hydrogen (secondary N) is 3. The van der Waals surface area contributed by atoms with Crippen molar-refractivity contribution in [2.24, 2.45) is 0 Å². The number of carbonyl (C=O) groups excluding carboxylic acids is 5. The Labute approximate surface area is 451 Å². The first-order chi connectivity index (χ1) is 37.7. The number of ether oxygens (including phenoxy) is 7. The van der Waals surface area contributed by atoms with Crippen LogP contribution in [0.2, 0.25) is 0 Å². The molecule has 18 nitrogen and oxygen atoms in total. The van der Waals surface area contributed by atoms with Gasteiger partial charge in [-0.15, -0.1) is 0 Å². The maximum Gasteiger partial charge on any atom is 0.419 e. The van der Waals surface area contributed by atoms with Gasteiger partial charge in [0.15, 0.2) is 0 Å². The number of nitrogens with zero attached hydrogens (tertiary/aromatic N) is 1. The fourth-order valence-corrected chi connectivity index (χ4v) is 7.82. The number of aromatic nitrogens is 2. The molecule has 2 atom stereocenters. The minimum Gasteiger partial charge on any atom is -0.489 e. The van der Waals surface area contributed by atoms with Crippen molar-refractivity contribution in [1.29, 1.82) is 0 Å². The molecule has 6 aromatic carbocycles. The summed E-state index contributed by atoms with van der Waals surface area (Å²) in [6.07, 6.45) is 1.68. The van der Waals surface area contributed by atoms with Gasteiger partial charge in [0.1, 0.15) is 55.6 Å². The number of methoxy groups -OCH3 is 2. The van der Waals surface area contributed by atoms with Gasteiger partial charge in [0.25, 0.3) is 6.47 Å². The van der Waals surface area contributed by atoms with Crippen LogP contribution in [0.4, 0.5) is 14.4 Å². The van der Waals surface area contributed by atoms with Gasteiger partial charge in [-0.05, 0) is 78.4 Å². The Hall–Kier alpha value is -9.58. The Morgan fingerprint density at radius 1 is 0.577 bits per heavy atom. The number of hydrogen-bond acceptors (Lipinski definition) is 13. The molecule has 2 aromatic heterocycles. The van der Waals surface area contributed by atoms with Crippen molar-refractivity contribution in [1.82, 2.24) is 20.2 Å². The molecule has 0 aliphatic rings. The molecule has 0 aliphatic carbocycles. The van der Waals surface area contributed by atoms with Gasteiger partial charge in [-0.25, -0.2) is 24.0 Å². The molecule has 2 heterocycles. The van der Waals surface area contributed by atoms with E-state index in [0.717, 1.165) is 44.5 Å². The molecular weight excluding hydrogens is 1000 g/mol. The minimum atomic E-state index is -1.06. The lowest BCUT2D eigenvalue weighted by Crippen LogP contribution is -2.43. The average molecular weight is 1060 g/mol. The van der Waals surface area contributed by atoms with Crippen molar-refractivity contribution in [3.63, 3.8) is 0 Å². The van der Waals surface area contributed by atoms with Gasteiger partial charge in [-0.1, -0.05) is 121 Å². The zero-order valence-corrected chi connectivity index (χ0v) is 43.8. The first-order valence-electron chi connectivity index (χ1n) is 24.7. The molecule has 2 amide bonds. The first-order valence-corrected chi connectivity index (χ1v) is 24.7. The van der Waals surface area contributed by atoms with Gasteiger partial charge in [0.05, 0.1) is 19.7 Å². The molecule has 78 heavy (non-hydrogen) atoms. The average Bonchev–Trinajstić information content (AvgIpc) is 4.05. The maximum atomic E-state index is 13.2. The van der Waals surface area contributed by atoms with E-state index in [-0.39, 0.29) is 32.5 Å². The van der Waals surface area contributed by atoms with Gasteiger partial charge >= 0.3 is 30.2 Å². The summed E-state index contributed by atoms with van der Waals surface area (Å²) >= 11 is 0. The van der Waals surface area contributed by atoms with Crippen molar-refractivity contribution in [2.45, 2.75) is 77.7 Å². The van der Waals surface area contributed by atoms with Gasteiger partial charge in [-0.2, -0.15) is 0 Å². The summed E-state index contributed by atoms with van der Waals surface area (Å²) in [5.41, 5.74) is 5.92. The monoisotopic (exact) mass is 1060 g/mol. The summed E-state index contributed by atoms with van der Waals surface area (Å²) in [6, 6.07) is 47.3. The molecule has 0 fully saturated rings. The van der Waals surface area contributed by atoms with E-state index >= 15 is 0 Å². The molecule has 8 rings (SSSR count). The van der Waals surface area contributed by atoms with E-state index in [1.807, 2.05) is 152 Å². The van der Waals surface area contributed by atoms with E-state index in [2.05, 4.69) is 15.6 Å². The van der Waals surface area contributed by atoms with E-state index in [9.17, 15) is 24.0 Å². The molecular formula is C60H62N4O14. The summed E-state index contributed by atoms with van der Waals surface area (Å²) in [5.74, 6) is 0.0938. The lowest BCUT2D eigenvalue weighted by atomic mass is 10.0. The number of aromatic amines is 1. The van der Waals surface area contributed by atoms with E-state index in [0.29, 0.717) is 35.4 Å². The number of H-pyrrole nitrogens is 1. The van der Waals surface area contributed by atoms with Crippen molar-refractivity contribution in [2.75, 3.05) is 14.2 Å². The Morgan fingerprint density at radius 3 is 1.42 bits per heavy atom. The highest BCUT2D eigenvalue weighted by molar-refractivity contribution is 5.94. The van der Waals surface area contributed by atoms with Gasteiger partial charge < -0.3 is 53.9 Å². The number of hydrogen-bond donors (Lipinski definition) is 4. The summed E-state index contributed by atoms with van der Waals surface area (Å²) in [4.78, 5) is 74.6. The molecule has 0 unspecified atom stereocenters. The predicted octanol–water partition coefficient (Wildman–Crippen LogP) is 10.5. The number of carbonyl (C=O) groups is 6. The minimum absolute atomic E-state index is 0.0453. The van der Waals surface area contributed by atoms with Crippen LogP contribution in [0, 0.1) is 0 Å². The third-order valence-corrected chi connectivity index (χ3v) is 11.5. The second-order valence-electron chi connectivity index (χ2n) is 18.3. The third kappa shape index (κ3) is 17.8. The molecule has 8 aromatic rings. The first kappa shape index (κ1) is 57.7. The highest BCUT2D eigenvalue weighted by atomic mass is 16.6. The number of carboxylic acid groups (broad SMARTS) is 1. The summed E-state index contributed by atoms with van der Waals surface area (Å²) in [6.45, 7) is 6.08. The van der Waals surface area contributed by atoms with Crippen LogP contribution in [-0.2, 0) is 77.3 Å². The van der Waals surface area contributed by atoms with Crippen molar-refractivity contribution in [3.05, 3.63) is 203 Å². The lowest BCUT2D eigenvalue weighted by Gasteiger charge is -2.20. The highest BCUT2D eigenvalue weighted by Gasteiger charge is 2.28. The zero-order valence-electron chi connectivity index (χ0n) is 43.8. The third-order valence-electron chi connectivity index (χ3n) is 11.5. The molecule has 4 N–H and O–H groups in total. The zero-order chi connectivity index (χ0) is 55.9. The van der Waals surface area contributed by atoms with Gasteiger partial charge in [0, 0.05) is 53.7 Å². The van der Waals surface area contributed by atoms with Crippen LogP contribution in [0.3, 0.4) is 0 Å². The standard InChI is InChI=1S/C32H34N2O7.C27H26N2O5.CH2O2/c1-32(2,3)41-31(37)34-19-24(26-16-15-25(18-28(26)34)39-20-22-11-7-5-8-12-22)17-27(29(35)38-4)33-30(36)40-21-23-13-9-6-10-14-23;1-32-26(30)25(29-27(31)34-18-20-10-6-3-7-11-20)14-21-16-28-24-15-22(12-13-23(21)24)33-17-19-8-4-2-5-9-19;2-1-3/h5-16,18-19,27H,17,20-21H2,1-4H3,(H,33,36);2-13,15-16,25,28H,14,17-18H2,1H3,(H,29,31);1H,(H,2,3)/t27-;25-;/m00./s1. The normalized spacial score (nSPS) is 11.4. The summed E-state index contributed by atoms with van der Waals surface area (Å²) < 4.78 is 39.3. The SMILES string of the molecule is COC(=O)[C@H](Cc1c[nH]c2cc(OCc3ccccc3)ccc12)NC(=O)OCc1ccccc1.COC(=O)[C@H](Cc1cn(C(=O)OC(C)(C)C)c2cc(OCc3ccccc3)ccc12)NC(=O)OCc1ccccc1.O=CO. The van der Waals surface area contributed by atoms with Crippen molar-refractivity contribution >= 4 is 58.5 Å². The van der Waals surface area contributed by atoms with Gasteiger partial charge in [0.2, 0.25) is 0 Å². The smallest absolute Gasteiger partial charge is 0.419 e. The molecule has 0 bridgehead atoms. The topological polar surface area (TPSA) is 232 Å². The quantitative estimate of drug-likeness (QED) is 0.0356. The molecule has 0 radical (unpaired) electrons. The Bertz CT molecular complexity index is 3210. The number of rotatable bonds is 18. The van der Waals surface area contributed by atoms with Crippen LogP contribution in [0.25, 0.3) is 21.8 Å². The number of fused-ring (bicyclic) bond motifs is 2. The number of amides is 2. The van der Waals surface area contributed by atoms with E-state index in [1.54, 1.807) is 39.1 Å². The van der Waals surface area contributed by atoms with Crippen LogP contribution < -0.4 is 20.1 Å². The van der Waals surface area contributed by atoms with Crippen molar-refractivity contribution < 1.29 is 67.0 Å². The Kier molecular flexibility index (Phi) is 21.4. The fourth-order valence-electron chi connectivity index (χ4n) is 7.82. The van der Waals surface area contributed by atoms with Crippen LogP contribution >= 0.6 is 0 Å². The number of alkyl carbamates (subject to hydrolysis) is 2. The lowest BCUT2D eigenvalue weighted by molar-refractivity contribution is -0.143. The second-order valence-corrected chi connectivity index (χ2v) is 18.3. The van der Waals surface area contributed by atoms with Crippen LogP contribution in [0.5, 0.6) is 11.5 Å². The molecule has 0 saturated carbocycles. The predicted molar refractivity (Wildman–Crippen MR) is 291 cm³/mol. The maximum absolute atomic E-state index is 13.2. The van der Waals surface area contributed by atoms with Crippen molar-refractivity contribution in [3.8, 4) is 11.5 Å². The number of esters is 2. The Morgan fingerprint density at radius 2 is 0.987 bits per heavy atom. The molecule has 18 heteroatoms. The molecule has 0 spiro atoms. The van der Waals surface area contributed by atoms with E-state index < -0.39 is 47.9 Å². The molecule has 406 valence electrons. The summed E-state index contributed by atoms with van der Waals surface area (Å²) in [5, 5.41) is 13.7. The fraction of sp³-hybridized carbons (Fsp3) is 0.233. The Balaban J connectivity index is 0.000000244. The summed E-state index contributed by atoms with van der Waals surface area (Å²) in [7, 11) is 2.53.